The van der Waals surface area contributed by atoms with E-state index in [1.165, 1.54) is 0 Å². The average Bonchev–Trinajstić information content (AvgIpc) is 2.98. The van der Waals surface area contributed by atoms with Crippen molar-refractivity contribution in [1.29, 1.82) is 0 Å². The molecule has 0 atom stereocenters. The first kappa shape index (κ1) is 13.0. The van der Waals surface area contributed by atoms with Crippen molar-refractivity contribution in [3.8, 4) is 17.1 Å². The highest BCUT2D eigenvalue weighted by Crippen LogP contribution is 2.18. The highest BCUT2D eigenvalue weighted by molar-refractivity contribution is 5.88. The molecule has 0 spiro atoms. The Hall–Kier alpha value is -3.02. The van der Waals surface area contributed by atoms with Gasteiger partial charge in [0.2, 0.25) is 0 Å². The lowest BCUT2D eigenvalue weighted by Gasteiger charge is -2.05. The van der Waals surface area contributed by atoms with Crippen molar-refractivity contribution < 1.29 is 9.90 Å². The molecule has 104 valence electrons. The maximum atomic E-state index is 11.1. The second-order valence-corrected chi connectivity index (χ2v) is 4.57. The van der Waals surface area contributed by atoms with Gasteiger partial charge < -0.3 is 5.11 Å². The van der Waals surface area contributed by atoms with Gasteiger partial charge in [0.15, 0.2) is 0 Å². The summed E-state index contributed by atoms with van der Waals surface area (Å²) >= 11 is 0. The van der Waals surface area contributed by atoms with Gasteiger partial charge in [-0.2, -0.15) is 0 Å². The van der Waals surface area contributed by atoms with Crippen LogP contribution < -0.4 is 0 Å². The van der Waals surface area contributed by atoms with Gasteiger partial charge in [0.25, 0.3) is 0 Å². The summed E-state index contributed by atoms with van der Waals surface area (Å²) in [5.74, 6) is -0.971. The van der Waals surface area contributed by atoms with E-state index < -0.39 is 5.97 Å². The van der Waals surface area contributed by atoms with Gasteiger partial charge in [0.05, 0.1) is 23.1 Å². The van der Waals surface area contributed by atoms with E-state index in [0.29, 0.717) is 11.4 Å². The summed E-state index contributed by atoms with van der Waals surface area (Å²) < 4.78 is 1.56. The molecule has 3 rings (SSSR count). The van der Waals surface area contributed by atoms with Crippen LogP contribution in [0.25, 0.3) is 17.1 Å². The van der Waals surface area contributed by atoms with Crippen LogP contribution >= 0.6 is 0 Å². The van der Waals surface area contributed by atoms with E-state index in [2.05, 4.69) is 15.3 Å². The van der Waals surface area contributed by atoms with Crippen LogP contribution in [0.3, 0.4) is 0 Å². The highest BCUT2D eigenvalue weighted by atomic mass is 16.4. The molecule has 1 aromatic carbocycles. The molecule has 0 aliphatic heterocycles. The molecule has 2 heterocycles. The number of carbonyl (C=O) groups is 1. The van der Waals surface area contributed by atoms with Crippen LogP contribution in [0.5, 0.6) is 0 Å². The number of carboxylic acids is 1. The summed E-state index contributed by atoms with van der Waals surface area (Å²) in [7, 11) is 0. The van der Waals surface area contributed by atoms with Crippen molar-refractivity contribution in [3.05, 3.63) is 59.9 Å². The Balaban J connectivity index is 2.04. The van der Waals surface area contributed by atoms with Gasteiger partial charge in [-0.05, 0) is 36.8 Å². The number of aryl methyl sites for hydroxylation is 1. The molecule has 0 saturated carbocycles. The second kappa shape index (κ2) is 5.16. The number of hydrogen-bond donors (Lipinski definition) is 1. The third kappa shape index (κ3) is 2.51. The van der Waals surface area contributed by atoms with Gasteiger partial charge >= 0.3 is 5.97 Å². The fourth-order valence-electron chi connectivity index (χ4n) is 2.00. The Morgan fingerprint density at radius 2 is 2.05 bits per heavy atom. The van der Waals surface area contributed by atoms with E-state index in [1.54, 1.807) is 35.3 Å². The second-order valence-electron chi connectivity index (χ2n) is 4.57. The Bertz CT molecular complexity index is 796. The predicted octanol–water partition coefficient (Wildman–Crippen LogP) is 2.34. The molecule has 6 nitrogen and oxygen atoms in total. The average molecular weight is 280 g/mol. The Morgan fingerprint density at radius 3 is 2.76 bits per heavy atom. The van der Waals surface area contributed by atoms with E-state index in [1.807, 2.05) is 25.1 Å². The number of benzene rings is 1. The van der Waals surface area contributed by atoms with Gasteiger partial charge in [-0.3, -0.25) is 4.98 Å². The van der Waals surface area contributed by atoms with Crippen LogP contribution in [0.15, 0.2) is 48.8 Å². The van der Waals surface area contributed by atoms with Crippen molar-refractivity contribution in [2.24, 2.45) is 0 Å². The topological polar surface area (TPSA) is 80.9 Å². The number of rotatable bonds is 3. The molecule has 21 heavy (non-hydrogen) atoms. The maximum Gasteiger partial charge on any atom is 0.335 e. The molecule has 0 saturated heterocycles. The Kier molecular flexibility index (Phi) is 3.19. The van der Waals surface area contributed by atoms with Gasteiger partial charge in [0, 0.05) is 6.20 Å². The van der Waals surface area contributed by atoms with Crippen LogP contribution in [0.1, 0.15) is 15.9 Å². The molecule has 0 fully saturated rings. The molecule has 0 radical (unpaired) electrons. The molecule has 0 amide bonds. The van der Waals surface area contributed by atoms with E-state index in [-0.39, 0.29) is 5.56 Å². The molecule has 0 unspecified atom stereocenters. The van der Waals surface area contributed by atoms with E-state index in [4.69, 9.17) is 5.11 Å². The zero-order valence-electron chi connectivity index (χ0n) is 11.3. The molecule has 0 aliphatic rings. The summed E-state index contributed by atoms with van der Waals surface area (Å²) in [6, 6.07) is 10.4. The minimum absolute atomic E-state index is 0.213. The molecule has 1 N–H and O–H groups in total. The lowest BCUT2D eigenvalue weighted by molar-refractivity contribution is 0.0697. The first-order valence-electron chi connectivity index (χ1n) is 6.33. The maximum absolute atomic E-state index is 11.1. The summed E-state index contributed by atoms with van der Waals surface area (Å²) in [5.41, 5.74) is 3.17. The molecule has 0 bridgehead atoms. The van der Waals surface area contributed by atoms with Crippen molar-refractivity contribution in [2.45, 2.75) is 6.92 Å². The van der Waals surface area contributed by atoms with Crippen LogP contribution in [0, 0.1) is 6.92 Å². The van der Waals surface area contributed by atoms with E-state index >= 15 is 0 Å². The Labute approximate surface area is 120 Å². The summed E-state index contributed by atoms with van der Waals surface area (Å²) in [4.78, 5) is 15.3. The highest BCUT2D eigenvalue weighted by Gasteiger charge is 2.11. The summed E-state index contributed by atoms with van der Waals surface area (Å²) in [6.45, 7) is 1.89. The van der Waals surface area contributed by atoms with Crippen LogP contribution in [0.2, 0.25) is 0 Å². The van der Waals surface area contributed by atoms with Crippen molar-refractivity contribution in [1.82, 2.24) is 20.0 Å². The monoisotopic (exact) mass is 280 g/mol. The van der Waals surface area contributed by atoms with E-state index in [9.17, 15) is 4.79 Å². The fourth-order valence-corrected chi connectivity index (χ4v) is 2.00. The Morgan fingerprint density at radius 1 is 1.19 bits per heavy atom. The van der Waals surface area contributed by atoms with Gasteiger partial charge in [0.1, 0.15) is 5.69 Å². The minimum Gasteiger partial charge on any atom is -0.478 e. The third-order valence-electron chi connectivity index (χ3n) is 3.12. The summed E-state index contributed by atoms with van der Waals surface area (Å²) in [5, 5.41) is 17.2. The summed E-state index contributed by atoms with van der Waals surface area (Å²) in [6.07, 6.45) is 3.42. The van der Waals surface area contributed by atoms with Crippen LogP contribution in [0.4, 0.5) is 0 Å². The number of carboxylic acid groups (broad SMARTS) is 1. The first-order chi connectivity index (χ1) is 10.1. The first-order valence-corrected chi connectivity index (χ1v) is 6.33. The lowest BCUT2D eigenvalue weighted by Crippen LogP contribution is -2.02. The molecule has 0 aliphatic carbocycles. The molecular weight excluding hydrogens is 268 g/mol. The molecule has 6 heteroatoms. The van der Waals surface area contributed by atoms with Crippen molar-refractivity contribution in [3.63, 3.8) is 0 Å². The molecule has 3 aromatic rings. The number of hydrogen-bond acceptors (Lipinski definition) is 4. The number of pyridine rings is 1. The zero-order chi connectivity index (χ0) is 14.8. The number of aromatic nitrogens is 4. The normalized spacial score (nSPS) is 10.5. The van der Waals surface area contributed by atoms with Crippen molar-refractivity contribution in [2.75, 3.05) is 0 Å². The van der Waals surface area contributed by atoms with Gasteiger partial charge in [-0.25, -0.2) is 9.48 Å². The minimum atomic E-state index is -0.971. The largest absolute Gasteiger partial charge is 0.478 e. The number of nitrogens with zero attached hydrogens (tertiary/aromatic N) is 4. The van der Waals surface area contributed by atoms with Gasteiger partial charge in [-0.1, -0.05) is 17.3 Å². The SMILES string of the molecule is Cc1ccc(C(=O)O)cc1-n1cc(-c2ccccn2)nn1. The van der Waals surface area contributed by atoms with Crippen LogP contribution in [-0.4, -0.2) is 31.1 Å². The quantitative estimate of drug-likeness (QED) is 0.796. The van der Waals surface area contributed by atoms with E-state index in [0.717, 1.165) is 11.3 Å². The molecular formula is C15H12N4O2. The van der Waals surface area contributed by atoms with Gasteiger partial charge in [-0.15, -0.1) is 5.10 Å². The zero-order valence-corrected chi connectivity index (χ0v) is 11.3. The lowest BCUT2D eigenvalue weighted by atomic mass is 10.1. The van der Waals surface area contributed by atoms with Crippen LogP contribution in [-0.2, 0) is 0 Å². The number of aromatic carboxylic acids is 1. The predicted molar refractivity (Wildman–Crippen MR) is 76.3 cm³/mol. The fraction of sp³-hybridized carbons (Fsp3) is 0.0667. The van der Waals surface area contributed by atoms with Crippen molar-refractivity contribution >= 4 is 5.97 Å². The third-order valence-corrected chi connectivity index (χ3v) is 3.12. The molecule has 2 aromatic heterocycles. The smallest absolute Gasteiger partial charge is 0.335 e. The standard InChI is InChI=1S/C15H12N4O2/c1-10-5-6-11(15(20)21)8-14(10)19-9-13(17-18-19)12-4-2-3-7-16-12/h2-9H,1H3,(H,20,21).